The summed E-state index contributed by atoms with van der Waals surface area (Å²) in [6.45, 7) is 0. The van der Waals surface area contributed by atoms with Crippen molar-refractivity contribution >= 4 is 31.0 Å². The summed E-state index contributed by atoms with van der Waals surface area (Å²) in [5, 5.41) is 0. The molecule has 0 saturated carbocycles. The molecule has 0 heterocycles. The topological polar surface area (TPSA) is 0 Å². The number of benzene rings is 8. The van der Waals surface area contributed by atoms with E-state index in [1.807, 2.05) is 0 Å². The van der Waals surface area contributed by atoms with E-state index in [1.165, 1.54) is 61.9 Å². The van der Waals surface area contributed by atoms with E-state index < -0.39 is 13.6 Å². The Hall–Kier alpha value is -5.20. The minimum atomic E-state index is -3.32. The summed E-state index contributed by atoms with van der Waals surface area (Å²) >= 11 is -3.32. The number of hydrogen-bond acceptors (Lipinski definition) is 0. The van der Waals surface area contributed by atoms with E-state index in [9.17, 15) is 0 Å². The third-order valence-corrected chi connectivity index (χ3v) is 18.4. The van der Waals surface area contributed by atoms with Gasteiger partial charge in [0, 0.05) is 0 Å². The van der Waals surface area contributed by atoms with E-state index in [1.54, 1.807) is 0 Å². The molecule has 240 valence electrons. The fraction of sp³-hybridized carbons (Fsp3) is 0. The maximum atomic E-state index is 2.40. The summed E-state index contributed by atoms with van der Waals surface area (Å²) in [5.74, 6) is 0. The van der Waals surface area contributed by atoms with Gasteiger partial charge in [-0.25, -0.2) is 0 Å². The second-order valence-corrected chi connectivity index (χ2v) is 19.5. The Kier molecular flexibility index (Phi) is 10.1. The molecule has 0 radical (unpaired) electrons. The molecule has 0 aliphatic heterocycles. The Morgan fingerprint density at radius 1 is 0.180 bits per heavy atom. The Morgan fingerprint density at radius 3 is 0.520 bits per heavy atom. The summed E-state index contributed by atoms with van der Waals surface area (Å²) in [5.41, 5.74) is 9.86. The Labute approximate surface area is 309 Å². The Morgan fingerprint density at radius 2 is 0.340 bits per heavy atom. The van der Waals surface area contributed by atoms with Gasteiger partial charge in [0.2, 0.25) is 0 Å². The zero-order chi connectivity index (χ0) is 32.9. The van der Waals surface area contributed by atoms with E-state index >= 15 is 0 Å². The van der Waals surface area contributed by atoms with Gasteiger partial charge in [0.1, 0.15) is 0 Å². The molecule has 8 aromatic rings. The second-order valence-electron chi connectivity index (χ2n) is 12.3. The quantitative estimate of drug-likeness (QED) is 0.151. The normalized spacial score (nSPS) is 11.0. The van der Waals surface area contributed by atoms with Crippen LogP contribution in [0.5, 0.6) is 0 Å². The van der Waals surface area contributed by atoms with Gasteiger partial charge < -0.3 is 17.0 Å². The predicted molar refractivity (Wildman–Crippen MR) is 212 cm³/mol. The van der Waals surface area contributed by atoms with Crippen molar-refractivity contribution in [1.29, 1.82) is 0 Å². The summed E-state index contributed by atoms with van der Waals surface area (Å²) in [6, 6.07) is 80.4. The molecular weight excluding hydrogens is 731 g/mol. The van der Waals surface area contributed by atoms with Gasteiger partial charge in [-0.15, -0.1) is 0 Å². The number of halogens is 1. The van der Waals surface area contributed by atoms with E-state index in [0.717, 1.165) is 0 Å². The molecule has 0 aliphatic rings. The van der Waals surface area contributed by atoms with Gasteiger partial charge >= 0.3 is 294 Å². The molecule has 2 heteroatoms. The summed E-state index contributed by atoms with van der Waals surface area (Å²) < 4.78 is 5.57. The molecule has 0 nitrogen and oxygen atoms in total. The van der Waals surface area contributed by atoms with Crippen molar-refractivity contribution in [2.45, 2.75) is 0 Å². The van der Waals surface area contributed by atoms with Crippen molar-refractivity contribution in [2.75, 3.05) is 0 Å². The summed E-state index contributed by atoms with van der Waals surface area (Å²) in [6.07, 6.45) is 0. The number of rotatable bonds is 8. The van der Waals surface area contributed by atoms with Crippen LogP contribution < -0.4 is 34.4 Å². The zero-order valence-electron chi connectivity index (χ0n) is 27.6. The third kappa shape index (κ3) is 6.56. The average Bonchev–Trinajstić information content (AvgIpc) is 3.20. The molecule has 0 unspecified atom stereocenters. The van der Waals surface area contributed by atoms with Crippen LogP contribution in [0, 0.1) is 0 Å². The van der Waals surface area contributed by atoms with Crippen LogP contribution in [0.15, 0.2) is 218 Å². The van der Waals surface area contributed by atoms with Gasteiger partial charge in [-0.1, -0.05) is 0 Å². The van der Waals surface area contributed by atoms with Gasteiger partial charge in [0.15, 0.2) is 0 Å². The van der Waals surface area contributed by atoms with E-state index in [0.29, 0.717) is 0 Å². The van der Waals surface area contributed by atoms with E-state index in [4.69, 9.17) is 0 Å². The van der Waals surface area contributed by atoms with Crippen LogP contribution in [0.3, 0.4) is 0 Å². The van der Waals surface area contributed by atoms with Crippen molar-refractivity contribution in [1.82, 2.24) is 0 Å². The Bertz CT molecular complexity index is 1910. The summed E-state index contributed by atoms with van der Waals surface area (Å²) in [7, 11) is 0. The van der Waals surface area contributed by atoms with Crippen LogP contribution in [0.4, 0.5) is 0 Å². The average molecular weight is 768 g/mol. The van der Waals surface area contributed by atoms with Crippen LogP contribution in [-0.2, 0) is 0 Å². The predicted octanol–water partition coefficient (Wildman–Crippen LogP) is 6.74. The molecule has 0 bridgehead atoms. The van der Waals surface area contributed by atoms with Crippen LogP contribution in [0.25, 0.3) is 44.5 Å². The van der Waals surface area contributed by atoms with Gasteiger partial charge in [0.25, 0.3) is 0 Å². The summed E-state index contributed by atoms with van der Waals surface area (Å²) in [4.78, 5) is 0. The van der Waals surface area contributed by atoms with Gasteiger partial charge in [-0.3, -0.25) is 0 Å². The van der Waals surface area contributed by atoms with Crippen molar-refractivity contribution in [3.05, 3.63) is 218 Å². The first kappa shape index (κ1) is 33.3. The molecule has 0 fully saturated rings. The number of hydrogen-bond donors (Lipinski definition) is 0. The molecule has 50 heavy (non-hydrogen) atoms. The van der Waals surface area contributed by atoms with Crippen molar-refractivity contribution in [3.63, 3.8) is 0 Å². The molecule has 0 atom stereocenters. The fourth-order valence-electron chi connectivity index (χ4n) is 6.93. The van der Waals surface area contributed by atoms with E-state index in [-0.39, 0.29) is 17.0 Å². The first-order valence-corrected chi connectivity index (χ1v) is 20.6. The van der Waals surface area contributed by atoms with Crippen LogP contribution in [0.2, 0.25) is 0 Å². The first-order valence-electron chi connectivity index (χ1n) is 16.8. The molecule has 8 aromatic carbocycles. The van der Waals surface area contributed by atoms with Crippen molar-refractivity contribution < 1.29 is 17.0 Å². The van der Waals surface area contributed by atoms with Crippen LogP contribution in [0.1, 0.15) is 0 Å². The minimum absolute atomic E-state index is 0. The van der Waals surface area contributed by atoms with Crippen molar-refractivity contribution in [3.8, 4) is 44.5 Å². The first-order chi connectivity index (χ1) is 24.3. The molecule has 0 spiro atoms. The van der Waals surface area contributed by atoms with E-state index in [2.05, 4.69) is 218 Å². The zero-order valence-corrected chi connectivity index (χ0v) is 31.1. The second kappa shape index (κ2) is 15.1. The Balaban J connectivity index is 0.00000392. The molecule has 0 amide bonds. The molecule has 0 saturated heterocycles. The molecule has 0 aromatic heterocycles. The monoisotopic (exact) mass is 766 g/mol. The fourth-order valence-corrected chi connectivity index (χ4v) is 15.7. The third-order valence-electron chi connectivity index (χ3n) is 9.45. The molecule has 0 aliphatic carbocycles. The SMILES string of the molecule is [Br-].c1ccc(-c2ccc([As+](c3ccc(-c4ccccc4)cc3)(c3ccc(-c4ccccc4)cc3)c3ccc(-c4ccccc4)cc3)cc2)cc1. The van der Waals surface area contributed by atoms with Gasteiger partial charge in [-0.05, 0) is 0 Å². The molecule has 0 N–H and O–H groups in total. The van der Waals surface area contributed by atoms with Crippen LogP contribution >= 0.6 is 0 Å². The molecular formula is C48H36AsBr. The van der Waals surface area contributed by atoms with Gasteiger partial charge in [0.05, 0.1) is 0 Å². The maximum absolute atomic E-state index is 3.32. The standard InChI is InChI=1S/C48H36As.BrH/c1-5-13-37(14-6-1)41-21-29-45(30-22-41)49(46-31-23-42(24-32-46)38-15-7-2-8-16-38,47-33-25-43(26-34-47)39-17-9-3-10-18-39)48-35-27-44(28-36-48)40-19-11-4-12-20-40;/h1-36H;1H/q+1;/p-1. The van der Waals surface area contributed by atoms with Crippen LogP contribution in [-0.4, -0.2) is 13.6 Å². The van der Waals surface area contributed by atoms with Crippen molar-refractivity contribution in [2.24, 2.45) is 0 Å². The molecule has 8 rings (SSSR count). The van der Waals surface area contributed by atoms with Gasteiger partial charge in [-0.2, -0.15) is 0 Å².